The molecule has 0 saturated carbocycles. The average molecular weight is 374 g/mol. The highest BCUT2D eigenvalue weighted by Gasteiger charge is 2.48. The lowest BCUT2D eigenvalue weighted by molar-refractivity contribution is -0.152. The summed E-state index contributed by atoms with van der Waals surface area (Å²) < 4.78 is 5.07. The van der Waals surface area contributed by atoms with Crippen molar-refractivity contribution in [1.82, 2.24) is 9.80 Å². The van der Waals surface area contributed by atoms with Gasteiger partial charge in [-0.25, -0.2) is 0 Å². The molecule has 7 nitrogen and oxygen atoms in total. The second-order valence-electron chi connectivity index (χ2n) is 7.69. The van der Waals surface area contributed by atoms with Crippen LogP contribution in [0.15, 0.2) is 24.3 Å². The fourth-order valence-corrected chi connectivity index (χ4v) is 3.95. The van der Waals surface area contributed by atoms with E-state index in [9.17, 15) is 19.5 Å². The fraction of sp³-hybridized carbons (Fsp3) is 0.550. The first-order chi connectivity index (χ1) is 12.8. The number of hydrogen-bond donors (Lipinski definition) is 1. The van der Waals surface area contributed by atoms with Crippen LogP contribution in [0, 0.1) is 18.3 Å². The lowest BCUT2D eigenvalue weighted by Gasteiger charge is -2.25. The average Bonchev–Trinajstić information content (AvgIpc) is 3.22. The van der Waals surface area contributed by atoms with Crippen molar-refractivity contribution in [1.29, 1.82) is 0 Å². The third-order valence-corrected chi connectivity index (χ3v) is 5.60. The van der Waals surface area contributed by atoms with Crippen LogP contribution in [0.25, 0.3) is 0 Å². The lowest BCUT2D eigenvalue weighted by atomic mass is 9.88. The maximum atomic E-state index is 12.9. The maximum absolute atomic E-state index is 12.9. The normalized spacial score (nSPS) is 25.3. The van der Waals surface area contributed by atoms with Gasteiger partial charge < -0.3 is 19.6 Å². The molecule has 1 N–H and O–H groups in total. The second kappa shape index (κ2) is 7.68. The summed E-state index contributed by atoms with van der Waals surface area (Å²) in [6.45, 7) is 3.48. The molecule has 2 aliphatic heterocycles. The van der Waals surface area contributed by atoms with Crippen molar-refractivity contribution in [3.63, 3.8) is 0 Å². The molecular formula is C20H26N2O5. The highest BCUT2D eigenvalue weighted by atomic mass is 16.5. The molecule has 0 aliphatic carbocycles. The van der Waals surface area contributed by atoms with Crippen molar-refractivity contribution in [2.75, 3.05) is 33.4 Å². The zero-order valence-corrected chi connectivity index (χ0v) is 15.8. The van der Waals surface area contributed by atoms with E-state index in [0.29, 0.717) is 26.1 Å². The Balaban J connectivity index is 1.62. The van der Waals surface area contributed by atoms with Crippen LogP contribution >= 0.6 is 0 Å². The van der Waals surface area contributed by atoms with Crippen molar-refractivity contribution in [2.45, 2.75) is 26.3 Å². The summed E-state index contributed by atoms with van der Waals surface area (Å²) >= 11 is 0. The smallest absolute Gasteiger partial charge is 0.313 e. The van der Waals surface area contributed by atoms with E-state index >= 15 is 0 Å². The summed E-state index contributed by atoms with van der Waals surface area (Å²) in [7, 11) is 1.47. The topological polar surface area (TPSA) is 87.1 Å². The Kier molecular flexibility index (Phi) is 5.51. The van der Waals surface area contributed by atoms with Crippen LogP contribution in [-0.2, 0) is 25.7 Å². The van der Waals surface area contributed by atoms with Crippen LogP contribution in [0.1, 0.15) is 24.0 Å². The molecule has 7 heteroatoms. The monoisotopic (exact) mass is 374 g/mol. The van der Waals surface area contributed by atoms with Crippen LogP contribution in [0.2, 0.25) is 0 Å². The molecular weight excluding hydrogens is 348 g/mol. The van der Waals surface area contributed by atoms with Crippen molar-refractivity contribution < 1.29 is 24.2 Å². The van der Waals surface area contributed by atoms with E-state index in [2.05, 4.69) is 0 Å². The molecule has 0 spiro atoms. The van der Waals surface area contributed by atoms with Crippen LogP contribution in [0.5, 0.6) is 0 Å². The maximum Gasteiger partial charge on any atom is 0.313 e. The number of likely N-dealkylation sites (tertiary alicyclic amines) is 2. The zero-order valence-electron chi connectivity index (χ0n) is 15.8. The van der Waals surface area contributed by atoms with E-state index in [1.807, 2.05) is 31.2 Å². The molecule has 2 fully saturated rings. The minimum Gasteiger partial charge on any atom is -0.481 e. The number of rotatable bonds is 6. The largest absolute Gasteiger partial charge is 0.481 e. The van der Waals surface area contributed by atoms with Gasteiger partial charge in [0.2, 0.25) is 11.8 Å². The summed E-state index contributed by atoms with van der Waals surface area (Å²) in [5, 5.41) is 9.55. The van der Waals surface area contributed by atoms with Crippen LogP contribution < -0.4 is 0 Å². The minimum atomic E-state index is -1.05. The molecule has 1 aromatic rings. The molecule has 0 radical (unpaired) electrons. The molecule has 2 saturated heterocycles. The number of nitrogens with zero attached hydrogens (tertiary/aromatic N) is 2. The molecule has 146 valence electrons. The summed E-state index contributed by atoms with van der Waals surface area (Å²) in [5.41, 5.74) is 1.15. The Hall–Kier alpha value is -2.41. The third-order valence-electron chi connectivity index (χ3n) is 5.60. The Morgan fingerprint density at radius 1 is 1.30 bits per heavy atom. The lowest BCUT2D eigenvalue weighted by Crippen LogP contribution is -2.42. The van der Waals surface area contributed by atoms with Gasteiger partial charge in [-0.3, -0.25) is 14.4 Å². The second-order valence-corrected chi connectivity index (χ2v) is 7.69. The summed E-state index contributed by atoms with van der Waals surface area (Å²) in [6.07, 6.45) is 0.557. The Bertz CT molecular complexity index is 732. The molecule has 27 heavy (non-hydrogen) atoms. The number of ether oxygens (including phenoxy) is 1. The van der Waals surface area contributed by atoms with E-state index in [1.54, 1.807) is 9.80 Å². The number of carbonyl (C=O) groups excluding carboxylic acids is 2. The first kappa shape index (κ1) is 19.4. The van der Waals surface area contributed by atoms with Crippen LogP contribution in [0.3, 0.4) is 0 Å². The van der Waals surface area contributed by atoms with Gasteiger partial charge in [0.15, 0.2) is 0 Å². The molecule has 3 rings (SSSR count). The molecule has 0 aromatic heterocycles. The van der Waals surface area contributed by atoms with Gasteiger partial charge in [-0.15, -0.1) is 0 Å². The predicted octanol–water partition coefficient (Wildman–Crippen LogP) is 1.29. The Morgan fingerprint density at radius 2 is 2.00 bits per heavy atom. The van der Waals surface area contributed by atoms with Crippen LogP contribution in [0.4, 0.5) is 0 Å². The zero-order chi connectivity index (χ0) is 19.6. The van der Waals surface area contributed by atoms with E-state index < -0.39 is 17.3 Å². The summed E-state index contributed by atoms with van der Waals surface area (Å²) in [6, 6.07) is 7.99. The molecule has 2 unspecified atom stereocenters. The molecule has 0 bridgehead atoms. The van der Waals surface area contributed by atoms with Crippen molar-refractivity contribution in [3.8, 4) is 0 Å². The van der Waals surface area contributed by atoms with Gasteiger partial charge in [0.05, 0.1) is 12.5 Å². The molecule has 2 heterocycles. The van der Waals surface area contributed by atoms with Gasteiger partial charge >= 0.3 is 5.97 Å². The first-order valence-electron chi connectivity index (χ1n) is 9.19. The van der Waals surface area contributed by atoms with E-state index in [0.717, 1.165) is 11.1 Å². The number of carboxylic acids is 1. The highest BCUT2D eigenvalue weighted by Crippen LogP contribution is 2.33. The molecule has 2 aliphatic rings. The molecule has 2 atom stereocenters. The third kappa shape index (κ3) is 3.98. The SMILES string of the molecule is COCC1(C(=O)O)CCN(C(=O)C2CC(=O)N(Cc3ccc(C)cc3)C2)C1. The number of amides is 2. The number of aryl methyl sites for hydroxylation is 1. The van der Waals surface area contributed by atoms with Gasteiger partial charge in [0.1, 0.15) is 5.41 Å². The minimum absolute atomic E-state index is 0.0329. The van der Waals surface area contributed by atoms with Gasteiger partial charge in [-0.05, 0) is 18.9 Å². The first-order valence-corrected chi connectivity index (χ1v) is 9.19. The predicted molar refractivity (Wildman–Crippen MR) is 97.8 cm³/mol. The van der Waals surface area contributed by atoms with E-state index in [1.165, 1.54) is 7.11 Å². The molecule has 1 aromatic carbocycles. The Labute approximate surface area is 158 Å². The summed E-state index contributed by atoms with van der Waals surface area (Å²) in [4.78, 5) is 40.2. The van der Waals surface area contributed by atoms with Crippen molar-refractivity contribution >= 4 is 17.8 Å². The number of methoxy groups -OCH3 is 1. The van der Waals surface area contributed by atoms with E-state index in [-0.39, 0.29) is 31.4 Å². The van der Waals surface area contributed by atoms with Gasteiger partial charge in [0, 0.05) is 39.7 Å². The van der Waals surface area contributed by atoms with Gasteiger partial charge in [-0.2, -0.15) is 0 Å². The Morgan fingerprint density at radius 3 is 2.63 bits per heavy atom. The number of carbonyl (C=O) groups is 3. The fourth-order valence-electron chi connectivity index (χ4n) is 3.95. The van der Waals surface area contributed by atoms with Crippen molar-refractivity contribution in [3.05, 3.63) is 35.4 Å². The number of hydrogen-bond acceptors (Lipinski definition) is 4. The quantitative estimate of drug-likeness (QED) is 0.811. The van der Waals surface area contributed by atoms with E-state index in [4.69, 9.17) is 4.74 Å². The van der Waals surface area contributed by atoms with Gasteiger partial charge in [0.25, 0.3) is 0 Å². The number of carboxylic acid groups (broad SMARTS) is 1. The van der Waals surface area contributed by atoms with Gasteiger partial charge in [-0.1, -0.05) is 29.8 Å². The number of benzene rings is 1. The van der Waals surface area contributed by atoms with Crippen LogP contribution in [-0.4, -0.2) is 66.0 Å². The summed E-state index contributed by atoms with van der Waals surface area (Å²) in [5.74, 6) is -1.51. The van der Waals surface area contributed by atoms with Crippen molar-refractivity contribution in [2.24, 2.45) is 11.3 Å². The number of aliphatic carboxylic acids is 1. The standard InChI is InChI=1S/C20H26N2O5/c1-14-3-5-15(6-4-14)10-22-11-16(9-17(22)23)18(24)21-8-7-20(12-21,13-27-2)19(25)26/h3-6,16H,7-13H2,1-2H3,(H,25,26). The molecule has 2 amide bonds. The highest BCUT2D eigenvalue weighted by molar-refractivity contribution is 5.90.